The summed E-state index contributed by atoms with van der Waals surface area (Å²) >= 11 is 0. The number of fused-ring (bicyclic) bond motifs is 1. The van der Waals surface area contributed by atoms with Gasteiger partial charge in [0.2, 0.25) is 5.91 Å². The van der Waals surface area contributed by atoms with E-state index >= 15 is 0 Å². The number of carbonyl (C=O) groups is 1. The Hall–Kier alpha value is -3.08. The van der Waals surface area contributed by atoms with Crippen molar-refractivity contribution < 1.29 is 9.53 Å². The zero-order valence-electron chi connectivity index (χ0n) is 18.8. The average Bonchev–Trinajstić information content (AvgIpc) is 3.19. The van der Waals surface area contributed by atoms with Crippen LogP contribution in [-0.4, -0.2) is 22.1 Å². The number of hydrogen-bond acceptors (Lipinski definition) is 3. The van der Waals surface area contributed by atoms with E-state index in [-0.39, 0.29) is 11.8 Å². The highest BCUT2D eigenvalue weighted by atomic mass is 16.5. The number of ether oxygens (including phenoxy) is 1. The van der Waals surface area contributed by atoms with Gasteiger partial charge < -0.3 is 14.6 Å². The molecular formula is C27H33N3O2. The van der Waals surface area contributed by atoms with Gasteiger partial charge in [-0.2, -0.15) is 0 Å². The van der Waals surface area contributed by atoms with Crippen molar-refractivity contribution in [2.75, 3.05) is 6.61 Å². The highest BCUT2D eigenvalue weighted by Gasteiger charge is 2.21. The number of allylic oxidation sites excluding steroid dienone is 1. The van der Waals surface area contributed by atoms with Crippen molar-refractivity contribution in [2.24, 2.45) is 5.92 Å². The van der Waals surface area contributed by atoms with Crippen LogP contribution < -0.4 is 10.1 Å². The second-order valence-corrected chi connectivity index (χ2v) is 8.52. The molecular weight excluding hydrogens is 398 g/mol. The van der Waals surface area contributed by atoms with E-state index in [2.05, 4.69) is 28.6 Å². The molecule has 168 valence electrons. The molecule has 32 heavy (non-hydrogen) atoms. The predicted octanol–water partition coefficient (Wildman–Crippen LogP) is 5.43. The SMILES string of the molecule is C=CCc1ccccc1OCCCn1c(CNC(=O)C2CCCCC2)nc2ccccc21. The van der Waals surface area contributed by atoms with Crippen molar-refractivity contribution >= 4 is 16.9 Å². The lowest BCUT2D eigenvalue weighted by atomic mass is 9.89. The highest BCUT2D eigenvalue weighted by Crippen LogP contribution is 2.24. The highest BCUT2D eigenvalue weighted by molar-refractivity contribution is 5.79. The maximum atomic E-state index is 12.6. The molecule has 0 atom stereocenters. The normalized spacial score (nSPS) is 14.4. The third-order valence-corrected chi connectivity index (χ3v) is 6.25. The first kappa shape index (κ1) is 22.1. The maximum Gasteiger partial charge on any atom is 0.223 e. The lowest BCUT2D eigenvalue weighted by molar-refractivity contribution is -0.126. The number of benzene rings is 2. The summed E-state index contributed by atoms with van der Waals surface area (Å²) in [7, 11) is 0. The van der Waals surface area contributed by atoms with E-state index in [9.17, 15) is 4.79 Å². The Morgan fingerprint density at radius 2 is 1.91 bits per heavy atom. The first-order valence-electron chi connectivity index (χ1n) is 11.8. The molecule has 1 aliphatic rings. The van der Waals surface area contributed by atoms with Crippen LogP contribution in [-0.2, 0) is 24.3 Å². The molecule has 5 heteroatoms. The summed E-state index contributed by atoms with van der Waals surface area (Å²) in [5, 5.41) is 3.14. The van der Waals surface area contributed by atoms with E-state index in [1.165, 1.54) is 6.42 Å². The third-order valence-electron chi connectivity index (χ3n) is 6.25. The van der Waals surface area contributed by atoms with Crippen LogP contribution in [0.5, 0.6) is 5.75 Å². The van der Waals surface area contributed by atoms with Gasteiger partial charge in [-0.1, -0.05) is 55.7 Å². The summed E-state index contributed by atoms with van der Waals surface area (Å²) in [6, 6.07) is 16.3. The fourth-order valence-electron chi connectivity index (χ4n) is 4.56. The summed E-state index contributed by atoms with van der Waals surface area (Å²) in [6.45, 7) is 5.71. The van der Waals surface area contributed by atoms with Gasteiger partial charge in [0.15, 0.2) is 0 Å². The topological polar surface area (TPSA) is 56.1 Å². The summed E-state index contributed by atoms with van der Waals surface area (Å²) < 4.78 is 8.28. The van der Waals surface area contributed by atoms with Gasteiger partial charge in [0, 0.05) is 12.5 Å². The average molecular weight is 432 g/mol. The number of nitrogens with one attached hydrogen (secondary N) is 1. The summed E-state index contributed by atoms with van der Waals surface area (Å²) in [5.41, 5.74) is 3.22. The van der Waals surface area contributed by atoms with Crippen molar-refractivity contribution in [3.8, 4) is 5.75 Å². The van der Waals surface area contributed by atoms with Gasteiger partial charge in [0.25, 0.3) is 0 Å². The number of rotatable bonds is 10. The molecule has 0 unspecified atom stereocenters. The smallest absolute Gasteiger partial charge is 0.223 e. The summed E-state index contributed by atoms with van der Waals surface area (Å²) in [4.78, 5) is 17.4. The number of aryl methyl sites for hydroxylation is 1. The Bertz CT molecular complexity index is 1050. The molecule has 1 fully saturated rings. The lowest BCUT2D eigenvalue weighted by Gasteiger charge is -2.20. The van der Waals surface area contributed by atoms with E-state index in [1.807, 2.05) is 42.5 Å². The molecule has 1 heterocycles. The number of aromatic nitrogens is 2. The molecule has 0 bridgehead atoms. The Labute approximate surface area is 190 Å². The minimum Gasteiger partial charge on any atom is -0.493 e. The molecule has 0 saturated heterocycles. The fraction of sp³-hybridized carbons (Fsp3) is 0.407. The minimum absolute atomic E-state index is 0.158. The van der Waals surface area contributed by atoms with Crippen LogP contribution >= 0.6 is 0 Å². The number of hydrogen-bond donors (Lipinski definition) is 1. The first-order valence-corrected chi connectivity index (χ1v) is 11.8. The molecule has 1 amide bonds. The molecule has 1 aromatic heterocycles. The van der Waals surface area contributed by atoms with Gasteiger partial charge in [0.1, 0.15) is 11.6 Å². The zero-order chi connectivity index (χ0) is 22.2. The number of imidazole rings is 1. The fourth-order valence-corrected chi connectivity index (χ4v) is 4.56. The van der Waals surface area contributed by atoms with Crippen molar-refractivity contribution in [2.45, 2.75) is 58.0 Å². The molecule has 0 aliphatic heterocycles. The van der Waals surface area contributed by atoms with Crippen molar-refractivity contribution in [3.05, 3.63) is 72.6 Å². The van der Waals surface area contributed by atoms with Gasteiger partial charge >= 0.3 is 0 Å². The molecule has 5 nitrogen and oxygen atoms in total. The van der Waals surface area contributed by atoms with Crippen molar-refractivity contribution in [1.29, 1.82) is 0 Å². The molecule has 2 aromatic carbocycles. The van der Waals surface area contributed by atoms with Crippen LogP contribution in [0.3, 0.4) is 0 Å². The lowest BCUT2D eigenvalue weighted by Crippen LogP contribution is -2.32. The van der Waals surface area contributed by atoms with Crippen LogP contribution in [0.15, 0.2) is 61.2 Å². The number of nitrogens with zero attached hydrogens (tertiary/aromatic N) is 2. The van der Waals surface area contributed by atoms with E-state index < -0.39 is 0 Å². The van der Waals surface area contributed by atoms with Crippen LogP contribution in [0.4, 0.5) is 0 Å². The van der Waals surface area contributed by atoms with E-state index in [4.69, 9.17) is 9.72 Å². The first-order chi connectivity index (χ1) is 15.8. The standard InChI is InChI=1S/C27H33N3O2/c1-2-11-21-12-6-9-17-25(21)32-19-10-18-30-24-16-8-7-15-23(24)29-26(30)20-28-27(31)22-13-4-3-5-14-22/h2,6-9,12,15-17,22H,1,3-5,10-11,13-14,18-20H2,(H,28,31). The van der Waals surface area contributed by atoms with Crippen molar-refractivity contribution in [3.63, 3.8) is 0 Å². The summed E-state index contributed by atoms with van der Waals surface area (Å²) in [6.07, 6.45) is 9.13. The largest absolute Gasteiger partial charge is 0.493 e. The summed E-state index contributed by atoms with van der Waals surface area (Å²) in [5.74, 6) is 2.15. The van der Waals surface area contributed by atoms with Crippen LogP contribution in [0.25, 0.3) is 11.0 Å². The second-order valence-electron chi connectivity index (χ2n) is 8.52. The number of carbonyl (C=O) groups excluding carboxylic acids is 1. The van der Waals surface area contributed by atoms with Gasteiger partial charge in [-0.3, -0.25) is 4.79 Å². The molecule has 4 rings (SSSR count). The van der Waals surface area contributed by atoms with Crippen LogP contribution in [0, 0.1) is 5.92 Å². The van der Waals surface area contributed by atoms with Crippen molar-refractivity contribution in [1.82, 2.24) is 14.9 Å². The Morgan fingerprint density at radius 1 is 1.12 bits per heavy atom. The van der Waals surface area contributed by atoms with Crippen LogP contribution in [0.1, 0.15) is 49.9 Å². The van der Waals surface area contributed by atoms with Gasteiger partial charge in [-0.25, -0.2) is 4.98 Å². The minimum atomic E-state index is 0.158. The zero-order valence-corrected chi connectivity index (χ0v) is 18.8. The van der Waals surface area contributed by atoms with Gasteiger partial charge in [-0.15, -0.1) is 6.58 Å². The Kier molecular flexibility index (Phi) is 7.59. The Balaban J connectivity index is 1.39. The molecule has 0 radical (unpaired) electrons. The Morgan fingerprint density at radius 3 is 2.75 bits per heavy atom. The maximum absolute atomic E-state index is 12.6. The third kappa shape index (κ3) is 5.39. The number of amides is 1. The van der Waals surface area contributed by atoms with E-state index in [0.29, 0.717) is 13.2 Å². The van der Waals surface area contributed by atoms with Gasteiger partial charge in [0.05, 0.1) is 24.2 Å². The predicted molar refractivity (Wildman–Crippen MR) is 129 cm³/mol. The molecule has 1 aliphatic carbocycles. The molecule has 0 spiro atoms. The monoisotopic (exact) mass is 431 g/mol. The van der Waals surface area contributed by atoms with Gasteiger partial charge in [-0.05, 0) is 49.4 Å². The second kappa shape index (κ2) is 11.0. The molecule has 1 N–H and O–H groups in total. The number of para-hydroxylation sites is 3. The van der Waals surface area contributed by atoms with Crippen LogP contribution in [0.2, 0.25) is 0 Å². The van der Waals surface area contributed by atoms with E-state index in [0.717, 1.165) is 73.2 Å². The van der Waals surface area contributed by atoms with E-state index in [1.54, 1.807) is 0 Å². The molecule has 3 aromatic rings. The molecule has 1 saturated carbocycles. The quantitative estimate of drug-likeness (QED) is 0.344.